The van der Waals surface area contributed by atoms with Gasteiger partial charge in [0.15, 0.2) is 0 Å². The van der Waals surface area contributed by atoms with Gasteiger partial charge >= 0.3 is 0 Å². The monoisotopic (exact) mass is 462 g/mol. The summed E-state index contributed by atoms with van der Waals surface area (Å²) in [7, 11) is 0. The van der Waals surface area contributed by atoms with Gasteiger partial charge in [0.2, 0.25) is 0 Å². The van der Waals surface area contributed by atoms with E-state index in [4.69, 9.17) is 0 Å². The summed E-state index contributed by atoms with van der Waals surface area (Å²) >= 11 is 0. The van der Waals surface area contributed by atoms with E-state index in [1.54, 1.807) is 0 Å². The molecule has 0 saturated heterocycles. The lowest BCUT2D eigenvalue weighted by molar-refractivity contribution is 0.709. The van der Waals surface area contributed by atoms with Crippen LogP contribution in [-0.2, 0) is 0 Å². The summed E-state index contributed by atoms with van der Waals surface area (Å²) in [5, 5.41) is 20.0. The van der Waals surface area contributed by atoms with Crippen LogP contribution in [0.1, 0.15) is 28.2 Å². The first-order valence-electron chi connectivity index (χ1n) is 11.8. The van der Waals surface area contributed by atoms with Crippen LogP contribution in [0.2, 0.25) is 0 Å². The predicted molar refractivity (Wildman–Crippen MR) is 147 cm³/mol. The molecule has 0 radical (unpaired) electrons. The molecule has 0 aliphatic rings. The van der Waals surface area contributed by atoms with Crippen LogP contribution in [-0.4, -0.2) is 0 Å². The van der Waals surface area contributed by atoms with Crippen LogP contribution < -0.4 is 0 Å². The van der Waals surface area contributed by atoms with Gasteiger partial charge in [-0.05, 0) is 45.0 Å². The third-order valence-electron chi connectivity index (χ3n) is 6.10. The fourth-order valence-electron chi connectivity index (χ4n) is 4.31. The van der Waals surface area contributed by atoms with Gasteiger partial charge in [0, 0.05) is 5.92 Å². The van der Waals surface area contributed by atoms with E-state index in [0.717, 1.165) is 39.0 Å². The van der Waals surface area contributed by atoms with Crippen LogP contribution in [0.3, 0.4) is 0 Å². The Morgan fingerprint density at radius 3 is 1.44 bits per heavy atom. The smallest absolute Gasteiger partial charge is 0.144 e. The Labute approximate surface area is 213 Å². The number of allylic oxidation sites excluding steroid dienone is 4. The molecule has 0 bridgehead atoms. The predicted octanol–water partition coefficient (Wildman–Crippen LogP) is 8.21. The standard InChI is InChI=1S/C34H26N2/c1-26(27-14-6-2-7-15-27)22-31(34(32(24-35)25-36)30-20-12-5-13-21-30)23-33(28-16-8-3-9-17-28)29-18-10-4-11-19-29/h2-23,32,34H,1H2/b31-22+. The van der Waals surface area contributed by atoms with E-state index in [0.29, 0.717) is 0 Å². The largest absolute Gasteiger partial charge is 0.197 e. The fraction of sp³-hybridized carbons (Fsp3) is 0.0588. The first kappa shape index (κ1) is 24.2. The van der Waals surface area contributed by atoms with Gasteiger partial charge in [0.1, 0.15) is 5.92 Å². The molecule has 0 aliphatic carbocycles. The molecule has 0 amide bonds. The Kier molecular flexibility index (Phi) is 8.06. The first-order valence-corrected chi connectivity index (χ1v) is 11.8. The lowest BCUT2D eigenvalue weighted by Gasteiger charge is -2.22. The molecule has 172 valence electrons. The van der Waals surface area contributed by atoms with Gasteiger partial charge < -0.3 is 0 Å². The van der Waals surface area contributed by atoms with E-state index >= 15 is 0 Å². The molecule has 0 aromatic heterocycles. The second-order valence-corrected chi connectivity index (χ2v) is 8.45. The highest BCUT2D eigenvalue weighted by Crippen LogP contribution is 2.37. The summed E-state index contributed by atoms with van der Waals surface area (Å²) in [4.78, 5) is 0. The van der Waals surface area contributed by atoms with Crippen molar-refractivity contribution in [2.24, 2.45) is 5.92 Å². The highest BCUT2D eigenvalue weighted by atomic mass is 14.4. The van der Waals surface area contributed by atoms with Crippen molar-refractivity contribution in [1.29, 1.82) is 10.5 Å². The Morgan fingerprint density at radius 2 is 1.00 bits per heavy atom. The Hall–Kier alpha value is -4.92. The number of rotatable bonds is 8. The number of hydrogen-bond acceptors (Lipinski definition) is 2. The molecule has 4 aromatic rings. The van der Waals surface area contributed by atoms with Crippen LogP contribution in [0.15, 0.2) is 146 Å². The molecular formula is C34H26N2. The third-order valence-corrected chi connectivity index (χ3v) is 6.10. The zero-order valence-corrected chi connectivity index (χ0v) is 20.0. The molecule has 0 saturated carbocycles. The topological polar surface area (TPSA) is 47.6 Å². The summed E-state index contributed by atoms with van der Waals surface area (Å²) in [5.41, 5.74) is 6.69. The number of hydrogen-bond donors (Lipinski definition) is 0. The van der Waals surface area contributed by atoms with Gasteiger partial charge in [0.25, 0.3) is 0 Å². The van der Waals surface area contributed by atoms with Crippen LogP contribution in [0.25, 0.3) is 11.1 Å². The minimum atomic E-state index is -0.869. The second kappa shape index (κ2) is 12.0. The molecule has 1 unspecified atom stereocenters. The molecule has 0 heterocycles. The normalized spacial score (nSPS) is 11.7. The van der Waals surface area contributed by atoms with E-state index < -0.39 is 11.8 Å². The quantitative estimate of drug-likeness (QED) is 0.248. The van der Waals surface area contributed by atoms with Crippen LogP contribution in [0, 0.1) is 28.6 Å². The summed E-state index contributed by atoms with van der Waals surface area (Å²) < 4.78 is 0. The molecule has 0 aliphatic heterocycles. The second-order valence-electron chi connectivity index (χ2n) is 8.45. The summed E-state index contributed by atoms with van der Waals surface area (Å²) in [6, 6.07) is 44.5. The zero-order chi connectivity index (χ0) is 25.2. The van der Waals surface area contributed by atoms with Crippen molar-refractivity contribution in [2.75, 3.05) is 0 Å². The molecule has 0 fully saturated rings. The highest BCUT2D eigenvalue weighted by Gasteiger charge is 2.27. The fourth-order valence-corrected chi connectivity index (χ4v) is 4.31. The van der Waals surface area contributed by atoms with E-state index in [1.807, 2.05) is 103 Å². The first-order chi connectivity index (χ1) is 17.7. The van der Waals surface area contributed by atoms with Crippen LogP contribution in [0.4, 0.5) is 0 Å². The van der Waals surface area contributed by atoms with E-state index in [2.05, 4.69) is 49.1 Å². The molecule has 1 atom stereocenters. The average Bonchev–Trinajstić information content (AvgIpc) is 2.96. The van der Waals surface area contributed by atoms with Crippen molar-refractivity contribution in [3.63, 3.8) is 0 Å². The van der Waals surface area contributed by atoms with Crippen molar-refractivity contribution < 1.29 is 0 Å². The Balaban J connectivity index is 1.98. The van der Waals surface area contributed by atoms with Gasteiger partial charge in [-0.3, -0.25) is 0 Å². The molecule has 36 heavy (non-hydrogen) atoms. The van der Waals surface area contributed by atoms with Gasteiger partial charge in [-0.1, -0.05) is 134 Å². The van der Waals surface area contributed by atoms with Gasteiger partial charge in [-0.2, -0.15) is 10.5 Å². The summed E-state index contributed by atoms with van der Waals surface area (Å²) in [6.45, 7) is 4.33. The molecule has 4 rings (SSSR count). The van der Waals surface area contributed by atoms with Crippen molar-refractivity contribution >= 4 is 11.1 Å². The maximum absolute atomic E-state index is 9.98. The van der Waals surface area contributed by atoms with Crippen molar-refractivity contribution in [3.8, 4) is 12.1 Å². The maximum Gasteiger partial charge on any atom is 0.144 e. The SMILES string of the molecule is C=C(/C=C(\C=C(c1ccccc1)c1ccccc1)C(c1ccccc1)C(C#N)C#N)c1ccccc1. The van der Waals surface area contributed by atoms with Crippen molar-refractivity contribution in [2.45, 2.75) is 5.92 Å². The van der Waals surface area contributed by atoms with Gasteiger partial charge in [-0.15, -0.1) is 0 Å². The Morgan fingerprint density at radius 1 is 0.583 bits per heavy atom. The lowest BCUT2D eigenvalue weighted by atomic mass is 9.79. The molecule has 0 N–H and O–H groups in total. The van der Waals surface area contributed by atoms with Gasteiger partial charge in [0.05, 0.1) is 12.1 Å². The molecule has 4 aromatic carbocycles. The average molecular weight is 463 g/mol. The van der Waals surface area contributed by atoms with E-state index in [1.165, 1.54) is 0 Å². The van der Waals surface area contributed by atoms with E-state index in [-0.39, 0.29) is 0 Å². The van der Waals surface area contributed by atoms with E-state index in [9.17, 15) is 10.5 Å². The maximum atomic E-state index is 9.98. The summed E-state index contributed by atoms with van der Waals surface area (Å²) in [6.07, 6.45) is 4.12. The van der Waals surface area contributed by atoms with Crippen molar-refractivity contribution in [1.82, 2.24) is 0 Å². The van der Waals surface area contributed by atoms with Gasteiger partial charge in [-0.25, -0.2) is 0 Å². The number of nitriles is 2. The molecule has 2 nitrogen and oxygen atoms in total. The number of benzene rings is 4. The minimum absolute atomic E-state index is 0.455. The molecule has 2 heteroatoms. The van der Waals surface area contributed by atoms with Crippen LogP contribution in [0.5, 0.6) is 0 Å². The minimum Gasteiger partial charge on any atom is -0.197 e. The number of nitrogens with zero attached hydrogens (tertiary/aromatic N) is 2. The van der Waals surface area contributed by atoms with Crippen LogP contribution >= 0.6 is 0 Å². The molecular weight excluding hydrogens is 436 g/mol. The van der Waals surface area contributed by atoms with Crippen molar-refractivity contribution in [3.05, 3.63) is 168 Å². The highest BCUT2D eigenvalue weighted by molar-refractivity contribution is 5.83. The lowest BCUT2D eigenvalue weighted by Crippen LogP contribution is -2.12. The zero-order valence-electron chi connectivity index (χ0n) is 20.0. The molecule has 0 spiro atoms. The Bertz CT molecular complexity index is 1380. The summed E-state index contributed by atoms with van der Waals surface area (Å²) in [5.74, 6) is -1.32. The third kappa shape index (κ3) is 5.76.